The van der Waals surface area contributed by atoms with E-state index in [9.17, 15) is 0 Å². The fraction of sp³-hybridized carbons (Fsp3) is 0.353. The Morgan fingerprint density at radius 2 is 2.17 bits per heavy atom. The predicted octanol–water partition coefficient (Wildman–Crippen LogP) is 3.00. The largest absolute Gasteiger partial charge is 0.439 e. The van der Waals surface area contributed by atoms with Crippen LogP contribution in [-0.4, -0.2) is 25.8 Å². The second kappa shape index (κ2) is 6.37. The summed E-state index contributed by atoms with van der Waals surface area (Å²) in [5, 5.41) is 8.63. The van der Waals surface area contributed by atoms with E-state index in [0.29, 0.717) is 23.5 Å². The number of benzene rings is 1. The van der Waals surface area contributed by atoms with Gasteiger partial charge in [-0.25, -0.2) is 14.6 Å². The molecule has 1 aromatic carbocycles. The summed E-state index contributed by atoms with van der Waals surface area (Å²) < 4.78 is 7.81. The molecular formula is C17H18ClN5O. The topological polar surface area (TPSA) is 68.8 Å². The summed E-state index contributed by atoms with van der Waals surface area (Å²) in [5.74, 6) is 3.35. The minimum Gasteiger partial charge on any atom is -0.439 e. The van der Waals surface area contributed by atoms with E-state index >= 15 is 0 Å². The lowest BCUT2D eigenvalue weighted by Gasteiger charge is -2.22. The van der Waals surface area contributed by atoms with Crippen molar-refractivity contribution in [3.05, 3.63) is 53.0 Å². The van der Waals surface area contributed by atoms with Crippen LogP contribution in [0.2, 0.25) is 5.02 Å². The number of rotatable bonds is 4. The maximum Gasteiger partial charge on any atom is 0.208 e. The fourth-order valence-corrected chi connectivity index (χ4v) is 3.10. The van der Waals surface area contributed by atoms with Gasteiger partial charge in [-0.2, -0.15) is 5.10 Å². The van der Waals surface area contributed by atoms with Gasteiger partial charge in [0.2, 0.25) is 5.89 Å². The van der Waals surface area contributed by atoms with Crippen LogP contribution in [0.1, 0.15) is 24.0 Å². The van der Waals surface area contributed by atoms with Crippen LogP contribution >= 0.6 is 11.6 Å². The van der Waals surface area contributed by atoms with Gasteiger partial charge in [0, 0.05) is 23.0 Å². The van der Waals surface area contributed by atoms with Crippen molar-refractivity contribution in [3.8, 4) is 11.3 Å². The lowest BCUT2D eigenvalue weighted by Crippen LogP contribution is -2.37. The molecule has 1 N–H and O–H groups in total. The molecule has 1 atom stereocenters. The number of hydrogen-bond acceptors (Lipinski definition) is 5. The minimum absolute atomic E-state index is 0.351. The Labute approximate surface area is 144 Å². The first kappa shape index (κ1) is 15.4. The molecule has 4 rings (SSSR count). The molecule has 0 aliphatic carbocycles. The van der Waals surface area contributed by atoms with Crippen LogP contribution in [0.15, 0.2) is 34.9 Å². The molecule has 7 heteroatoms. The van der Waals surface area contributed by atoms with Crippen molar-refractivity contribution in [2.75, 3.05) is 0 Å². The molecule has 0 saturated carbocycles. The third kappa shape index (κ3) is 3.20. The number of oxazole rings is 1. The third-order valence-electron chi connectivity index (χ3n) is 4.19. The van der Waals surface area contributed by atoms with Crippen LogP contribution in [0, 0.1) is 6.92 Å². The van der Waals surface area contributed by atoms with E-state index in [1.807, 2.05) is 35.9 Å². The first-order valence-electron chi connectivity index (χ1n) is 8.02. The van der Waals surface area contributed by atoms with Gasteiger partial charge < -0.3 is 9.73 Å². The third-order valence-corrected chi connectivity index (χ3v) is 4.44. The monoisotopic (exact) mass is 343 g/mol. The normalized spacial score (nSPS) is 17.0. The van der Waals surface area contributed by atoms with Crippen molar-refractivity contribution in [3.63, 3.8) is 0 Å². The Bertz CT molecular complexity index is 839. The van der Waals surface area contributed by atoms with E-state index < -0.39 is 0 Å². The lowest BCUT2D eigenvalue weighted by molar-refractivity contribution is 0.342. The molecular weight excluding hydrogens is 326 g/mol. The highest BCUT2D eigenvalue weighted by molar-refractivity contribution is 6.30. The highest BCUT2D eigenvalue weighted by Gasteiger charge is 2.21. The smallest absolute Gasteiger partial charge is 0.208 e. The molecule has 3 aromatic rings. The van der Waals surface area contributed by atoms with Crippen LogP contribution in [0.4, 0.5) is 0 Å². The zero-order valence-corrected chi connectivity index (χ0v) is 14.1. The van der Waals surface area contributed by atoms with Crippen molar-refractivity contribution in [1.82, 2.24) is 25.1 Å². The Morgan fingerprint density at radius 1 is 1.33 bits per heavy atom. The fourth-order valence-electron chi connectivity index (χ4n) is 2.97. The molecule has 0 bridgehead atoms. The summed E-state index contributed by atoms with van der Waals surface area (Å²) in [6, 6.07) is 7.89. The first-order valence-corrected chi connectivity index (χ1v) is 8.39. The van der Waals surface area contributed by atoms with Crippen LogP contribution in [0.25, 0.3) is 11.3 Å². The van der Waals surface area contributed by atoms with E-state index in [0.717, 1.165) is 42.4 Å². The summed E-state index contributed by atoms with van der Waals surface area (Å²) in [7, 11) is 0. The Hall–Kier alpha value is -2.18. The van der Waals surface area contributed by atoms with Gasteiger partial charge >= 0.3 is 0 Å². The molecule has 24 heavy (non-hydrogen) atoms. The standard InChI is InChI=1S/C17H18ClN5O/c1-11-21-16-7-6-14(10-23(16)22-11)19-9-17-20-8-15(24-17)12-2-4-13(18)5-3-12/h2-5,8,14,19H,6-7,9-10H2,1H3. The average molecular weight is 344 g/mol. The van der Waals surface area contributed by atoms with Crippen molar-refractivity contribution in [2.24, 2.45) is 0 Å². The van der Waals surface area contributed by atoms with Gasteiger partial charge in [-0.15, -0.1) is 0 Å². The van der Waals surface area contributed by atoms with E-state index in [1.165, 1.54) is 0 Å². The first-order chi connectivity index (χ1) is 11.7. The van der Waals surface area contributed by atoms with E-state index in [2.05, 4.69) is 20.4 Å². The van der Waals surface area contributed by atoms with Crippen LogP contribution in [-0.2, 0) is 19.5 Å². The van der Waals surface area contributed by atoms with Gasteiger partial charge in [-0.05, 0) is 37.6 Å². The summed E-state index contributed by atoms with van der Waals surface area (Å²) in [4.78, 5) is 8.78. The summed E-state index contributed by atoms with van der Waals surface area (Å²) in [6.07, 6.45) is 3.74. The van der Waals surface area contributed by atoms with Crippen molar-refractivity contribution < 1.29 is 4.42 Å². The van der Waals surface area contributed by atoms with Gasteiger partial charge in [0.05, 0.1) is 19.3 Å². The van der Waals surface area contributed by atoms with Gasteiger partial charge in [0.25, 0.3) is 0 Å². The zero-order valence-electron chi connectivity index (χ0n) is 13.4. The molecule has 1 unspecified atom stereocenters. The molecule has 124 valence electrons. The maximum absolute atomic E-state index is 5.91. The van der Waals surface area contributed by atoms with E-state index in [4.69, 9.17) is 16.0 Å². The van der Waals surface area contributed by atoms with E-state index in [-0.39, 0.29) is 0 Å². The Morgan fingerprint density at radius 3 is 3.00 bits per heavy atom. The highest BCUT2D eigenvalue weighted by atomic mass is 35.5. The number of halogens is 1. The SMILES string of the molecule is Cc1nc2n(n1)CC(NCc1ncc(-c3ccc(Cl)cc3)o1)CC2. The molecule has 2 aromatic heterocycles. The zero-order chi connectivity index (χ0) is 16.5. The number of hydrogen-bond donors (Lipinski definition) is 1. The van der Waals surface area contributed by atoms with E-state index in [1.54, 1.807) is 6.20 Å². The van der Waals surface area contributed by atoms with Gasteiger partial charge in [0.1, 0.15) is 11.6 Å². The molecule has 1 aliphatic rings. The predicted molar refractivity (Wildman–Crippen MR) is 90.7 cm³/mol. The van der Waals surface area contributed by atoms with Crippen molar-refractivity contribution >= 4 is 11.6 Å². The minimum atomic E-state index is 0.351. The maximum atomic E-state index is 5.91. The number of aryl methyl sites for hydroxylation is 2. The average Bonchev–Trinajstić information content (AvgIpc) is 3.18. The number of aromatic nitrogens is 4. The Kier molecular flexibility index (Phi) is 4.08. The number of fused-ring (bicyclic) bond motifs is 1. The molecule has 0 radical (unpaired) electrons. The van der Waals surface area contributed by atoms with Crippen LogP contribution in [0.5, 0.6) is 0 Å². The number of nitrogens with one attached hydrogen (secondary N) is 1. The van der Waals surface area contributed by atoms with Crippen LogP contribution < -0.4 is 5.32 Å². The number of nitrogens with zero attached hydrogens (tertiary/aromatic N) is 4. The molecule has 3 heterocycles. The second-order valence-electron chi connectivity index (χ2n) is 6.00. The summed E-state index contributed by atoms with van der Waals surface area (Å²) in [6.45, 7) is 3.36. The second-order valence-corrected chi connectivity index (χ2v) is 6.44. The molecule has 6 nitrogen and oxygen atoms in total. The van der Waals surface area contributed by atoms with Gasteiger partial charge in [-0.1, -0.05) is 11.6 Å². The highest BCUT2D eigenvalue weighted by Crippen LogP contribution is 2.22. The Balaban J connectivity index is 1.38. The van der Waals surface area contributed by atoms with Crippen molar-refractivity contribution in [2.45, 2.75) is 38.9 Å². The summed E-state index contributed by atoms with van der Waals surface area (Å²) in [5.41, 5.74) is 0.971. The molecule has 0 fully saturated rings. The molecule has 1 aliphatic heterocycles. The van der Waals surface area contributed by atoms with Crippen LogP contribution in [0.3, 0.4) is 0 Å². The summed E-state index contributed by atoms with van der Waals surface area (Å²) >= 11 is 5.91. The molecule has 0 saturated heterocycles. The lowest BCUT2D eigenvalue weighted by atomic mass is 10.1. The van der Waals surface area contributed by atoms with Crippen molar-refractivity contribution in [1.29, 1.82) is 0 Å². The van der Waals surface area contributed by atoms with Gasteiger partial charge in [-0.3, -0.25) is 0 Å². The van der Waals surface area contributed by atoms with Gasteiger partial charge in [0.15, 0.2) is 5.76 Å². The quantitative estimate of drug-likeness (QED) is 0.788. The molecule has 0 amide bonds. The molecule has 0 spiro atoms.